The van der Waals surface area contributed by atoms with Gasteiger partial charge in [-0.05, 0) is 56.2 Å². The molecule has 0 spiro atoms. The van der Waals surface area contributed by atoms with Crippen LogP contribution >= 0.6 is 11.6 Å². The van der Waals surface area contributed by atoms with Crippen LogP contribution in [0.25, 0.3) is 0 Å². The minimum Gasteiger partial charge on any atom is -0.373 e. The molecule has 1 N–H and O–H groups in total. The molecule has 2 saturated carbocycles. The molecule has 0 aromatic carbocycles. The summed E-state index contributed by atoms with van der Waals surface area (Å²) in [6.07, 6.45) is 5.85. The van der Waals surface area contributed by atoms with Crippen molar-refractivity contribution in [1.82, 2.24) is 9.88 Å². The Morgan fingerprint density at radius 3 is 2.85 bits per heavy atom. The number of pyridine rings is 1. The number of hydrogen-bond donors (Lipinski definition) is 1. The zero-order valence-electron chi connectivity index (χ0n) is 12.4. The van der Waals surface area contributed by atoms with Crippen LogP contribution in [0, 0.1) is 17.8 Å². The van der Waals surface area contributed by atoms with Gasteiger partial charge in [0.25, 0.3) is 0 Å². The molecule has 3 atom stereocenters. The molecule has 3 unspecified atom stereocenters. The van der Waals surface area contributed by atoms with Crippen molar-refractivity contribution in [3.63, 3.8) is 0 Å². The summed E-state index contributed by atoms with van der Waals surface area (Å²) in [4.78, 5) is 6.96. The Morgan fingerprint density at radius 2 is 2.20 bits per heavy atom. The van der Waals surface area contributed by atoms with Gasteiger partial charge in [-0.15, -0.1) is 0 Å². The van der Waals surface area contributed by atoms with E-state index in [1.165, 1.54) is 32.2 Å². The van der Waals surface area contributed by atoms with Gasteiger partial charge in [-0.1, -0.05) is 18.0 Å². The van der Waals surface area contributed by atoms with Crippen LogP contribution < -0.4 is 5.32 Å². The third kappa shape index (κ3) is 2.94. The quantitative estimate of drug-likeness (QED) is 0.898. The monoisotopic (exact) mass is 293 g/mol. The number of halogens is 1. The third-order valence-electron chi connectivity index (χ3n) is 5.03. The molecule has 2 aliphatic carbocycles. The number of nitrogens with zero attached hydrogens (tertiary/aromatic N) is 2. The molecule has 3 rings (SSSR count). The summed E-state index contributed by atoms with van der Waals surface area (Å²) in [6.45, 7) is 2.02. The minimum absolute atomic E-state index is 0.767. The maximum Gasteiger partial charge on any atom is 0.126 e. The molecule has 2 bridgehead atoms. The topological polar surface area (TPSA) is 28.2 Å². The van der Waals surface area contributed by atoms with Gasteiger partial charge in [0, 0.05) is 20.1 Å². The van der Waals surface area contributed by atoms with Crippen LogP contribution in [0.2, 0.25) is 5.02 Å². The smallest absolute Gasteiger partial charge is 0.126 e. The van der Waals surface area contributed by atoms with E-state index in [1.807, 2.05) is 19.2 Å². The van der Waals surface area contributed by atoms with Crippen LogP contribution in [0.15, 0.2) is 12.1 Å². The second-order valence-corrected chi connectivity index (χ2v) is 6.91. The van der Waals surface area contributed by atoms with Crippen molar-refractivity contribution in [2.45, 2.75) is 32.2 Å². The predicted molar refractivity (Wildman–Crippen MR) is 84.1 cm³/mol. The first-order chi connectivity index (χ1) is 9.65. The molecule has 0 radical (unpaired) electrons. The van der Waals surface area contributed by atoms with E-state index in [4.69, 9.17) is 11.6 Å². The lowest BCUT2D eigenvalue weighted by molar-refractivity contribution is 0.213. The lowest BCUT2D eigenvalue weighted by Gasteiger charge is -2.27. The highest BCUT2D eigenvalue weighted by Crippen LogP contribution is 2.48. The Bertz CT molecular complexity index is 477. The van der Waals surface area contributed by atoms with Crippen LogP contribution in [0.1, 0.15) is 31.4 Å². The SMILES string of the molecule is CNc1ccc(Cl)c(CN(C)CC2CC3CCC2C3)n1. The Kier molecular flexibility index (Phi) is 4.18. The molecule has 2 aliphatic rings. The molecule has 110 valence electrons. The van der Waals surface area contributed by atoms with Crippen LogP contribution in [-0.4, -0.2) is 30.5 Å². The second kappa shape index (κ2) is 5.90. The van der Waals surface area contributed by atoms with Gasteiger partial charge in [0.05, 0.1) is 10.7 Å². The minimum atomic E-state index is 0.767. The van der Waals surface area contributed by atoms with Crippen molar-refractivity contribution < 1.29 is 0 Å². The van der Waals surface area contributed by atoms with Gasteiger partial charge in [0.1, 0.15) is 5.82 Å². The number of anilines is 1. The van der Waals surface area contributed by atoms with Crippen molar-refractivity contribution >= 4 is 17.4 Å². The molecule has 20 heavy (non-hydrogen) atoms. The van der Waals surface area contributed by atoms with Gasteiger partial charge in [-0.3, -0.25) is 0 Å². The first kappa shape index (κ1) is 14.2. The Balaban J connectivity index is 1.60. The van der Waals surface area contributed by atoms with E-state index >= 15 is 0 Å². The number of nitrogens with one attached hydrogen (secondary N) is 1. The van der Waals surface area contributed by atoms with Crippen molar-refractivity contribution in [3.05, 3.63) is 22.8 Å². The highest BCUT2D eigenvalue weighted by molar-refractivity contribution is 6.31. The van der Waals surface area contributed by atoms with E-state index in [1.54, 1.807) is 0 Å². The summed E-state index contributed by atoms with van der Waals surface area (Å²) in [5.41, 5.74) is 0.976. The lowest BCUT2D eigenvalue weighted by Crippen LogP contribution is -2.28. The standard InChI is InChI=1S/C16H24ClN3/c1-18-16-6-5-14(17)15(19-16)10-20(2)9-13-8-11-3-4-12(13)7-11/h5-6,11-13H,3-4,7-10H2,1-2H3,(H,18,19). The molecule has 0 aliphatic heterocycles. The van der Waals surface area contributed by atoms with Gasteiger partial charge in [-0.25, -0.2) is 4.98 Å². The fourth-order valence-corrected chi connectivity index (χ4v) is 4.22. The lowest BCUT2D eigenvalue weighted by atomic mass is 9.88. The molecular weight excluding hydrogens is 270 g/mol. The maximum atomic E-state index is 6.26. The normalized spacial score (nSPS) is 28.3. The molecule has 0 amide bonds. The number of rotatable bonds is 5. The zero-order chi connectivity index (χ0) is 14.1. The molecular formula is C16H24ClN3. The van der Waals surface area contributed by atoms with Gasteiger partial charge in [0.2, 0.25) is 0 Å². The highest BCUT2D eigenvalue weighted by Gasteiger charge is 2.39. The summed E-state index contributed by atoms with van der Waals surface area (Å²) in [6, 6.07) is 3.85. The fraction of sp³-hybridized carbons (Fsp3) is 0.688. The second-order valence-electron chi connectivity index (χ2n) is 6.51. The molecule has 1 aromatic rings. The summed E-state index contributed by atoms with van der Waals surface area (Å²) < 4.78 is 0. The summed E-state index contributed by atoms with van der Waals surface area (Å²) in [5.74, 6) is 3.78. The highest BCUT2D eigenvalue weighted by atomic mass is 35.5. The molecule has 3 nitrogen and oxygen atoms in total. The molecule has 1 aromatic heterocycles. The average Bonchev–Trinajstić information content (AvgIpc) is 3.03. The van der Waals surface area contributed by atoms with Gasteiger partial charge >= 0.3 is 0 Å². The largest absolute Gasteiger partial charge is 0.373 e. The van der Waals surface area contributed by atoms with E-state index in [0.717, 1.165) is 40.8 Å². The van der Waals surface area contributed by atoms with Crippen LogP contribution in [0.5, 0.6) is 0 Å². The molecule has 4 heteroatoms. The van der Waals surface area contributed by atoms with Gasteiger partial charge < -0.3 is 10.2 Å². The summed E-state index contributed by atoms with van der Waals surface area (Å²) in [7, 11) is 4.08. The van der Waals surface area contributed by atoms with Crippen LogP contribution in [-0.2, 0) is 6.54 Å². The van der Waals surface area contributed by atoms with Gasteiger partial charge in [-0.2, -0.15) is 0 Å². The average molecular weight is 294 g/mol. The van der Waals surface area contributed by atoms with E-state index < -0.39 is 0 Å². The van der Waals surface area contributed by atoms with Crippen molar-refractivity contribution in [1.29, 1.82) is 0 Å². The fourth-order valence-electron chi connectivity index (χ4n) is 4.06. The first-order valence-corrected chi connectivity index (χ1v) is 8.05. The molecule has 2 fully saturated rings. The van der Waals surface area contributed by atoms with Crippen LogP contribution in [0.4, 0.5) is 5.82 Å². The van der Waals surface area contributed by atoms with E-state index in [2.05, 4.69) is 22.2 Å². The van der Waals surface area contributed by atoms with E-state index in [0.29, 0.717) is 0 Å². The number of aromatic nitrogens is 1. The van der Waals surface area contributed by atoms with Crippen molar-refractivity contribution in [2.24, 2.45) is 17.8 Å². The summed E-state index contributed by atoms with van der Waals surface area (Å²) in [5, 5.41) is 3.84. The summed E-state index contributed by atoms with van der Waals surface area (Å²) >= 11 is 6.26. The third-order valence-corrected chi connectivity index (χ3v) is 5.37. The maximum absolute atomic E-state index is 6.26. The predicted octanol–water partition coefficient (Wildman–Crippen LogP) is 3.64. The van der Waals surface area contributed by atoms with Crippen molar-refractivity contribution in [2.75, 3.05) is 26.0 Å². The van der Waals surface area contributed by atoms with Gasteiger partial charge in [0.15, 0.2) is 0 Å². The number of hydrogen-bond acceptors (Lipinski definition) is 3. The van der Waals surface area contributed by atoms with Crippen molar-refractivity contribution in [3.8, 4) is 0 Å². The Labute approximate surface area is 126 Å². The Hall–Kier alpha value is -0.800. The zero-order valence-corrected chi connectivity index (χ0v) is 13.2. The first-order valence-electron chi connectivity index (χ1n) is 7.67. The number of fused-ring (bicyclic) bond motifs is 2. The van der Waals surface area contributed by atoms with E-state index in [-0.39, 0.29) is 0 Å². The van der Waals surface area contributed by atoms with Crippen LogP contribution in [0.3, 0.4) is 0 Å². The molecule has 0 saturated heterocycles. The molecule has 1 heterocycles. The Morgan fingerprint density at radius 1 is 1.35 bits per heavy atom. The van der Waals surface area contributed by atoms with E-state index in [9.17, 15) is 0 Å².